The van der Waals surface area contributed by atoms with Gasteiger partial charge in [-0.05, 0) is 33.0 Å². The van der Waals surface area contributed by atoms with E-state index in [9.17, 15) is 8.78 Å². The standard InChI is InChI=1S/C11H22F2N2.2C2H6/c1-3-4-6-15(2)7-5-10-8-11(12,13)9-14-10;2*1-2/h10,14H,3-9H2,1-2H3;2*1-2H3. The smallest absolute Gasteiger partial charge is 0.261 e. The van der Waals surface area contributed by atoms with E-state index >= 15 is 0 Å². The molecule has 19 heavy (non-hydrogen) atoms. The van der Waals surface area contributed by atoms with Gasteiger partial charge < -0.3 is 10.2 Å². The van der Waals surface area contributed by atoms with Crippen LogP contribution in [-0.4, -0.2) is 43.5 Å². The number of halogens is 2. The molecule has 0 aromatic rings. The minimum atomic E-state index is -2.48. The molecule has 4 heteroatoms. The number of hydrogen-bond donors (Lipinski definition) is 1. The van der Waals surface area contributed by atoms with Crippen molar-refractivity contribution in [1.82, 2.24) is 10.2 Å². The largest absolute Gasteiger partial charge is 0.308 e. The molecular formula is C15H34F2N2. The van der Waals surface area contributed by atoms with Gasteiger partial charge in [0.15, 0.2) is 0 Å². The van der Waals surface area contributed by atoms with Gasteiger partial charge in [0.2, 0.25) is 0 Å². The van der Waals surface area contributed by atoms with Crippen molar-refractivity contribution in [3.05, 3.63) is 0 Å². The van der Waals surface area contributed by atoms with Gasteiger partial charge in [-0.3, -0.25) is 0 Å². The van der Waals surface area contributed by atoms with Crippen LogP contribution in [0, 0.1) is 0 Å². The minimum Gasteiger partial charge on any atom is -0.308 e. The maximum absolute atomic E-state index is 12.8. The zero-order valence-corrected chi connectivity index (χ0v) is 13.7. The third-order valence-electron chi connectivity index (χ3n) is 2.95. The molecule has 0 bridgehead atoms. The predicted molar refractivity (Wildman–Crippen MR) is 81.1 cm³/mol. The van der Waals surface area contributed by atoms with Gasteiger partial charge in [-0.2, -0.15) is 0 Å². The molecule has 0 spiro atoms. The lowest BCUT2D eigenvalue weighted by Crippen LogP contribution is -2.29. The molecule has 1 fully saturated rings. The van der Waals surface area contributed by atoms with E-state index in [0.717, 1.165) is 19.5 Å². The molecule has 0 aromatic heterocycles. The summed E-state index contributed by atoms with van der Waals surface area (Å²) < 4.78 is 25.7. The summed E-state index contributed by atoms with van der Waals surface area (Å²) in [5.74, 6) is -2.48. The monoisotopic (exact) mass is 280 g/mol. The molecule has 118 valence electrons. The molecular weight excluding hydrogens is 246 g/mol. The second-order valence-corrected chi connectivity index (χ2v) is 4.58. The van der Waals surface area contributed by atoms with Crippen molar-refractivity contribution in [2.24, 2.45) is 0 Å². The summed E-state index contributed by atoms with van der Waals surface area (Å²) >= 11 is 0. The number of nitrogens with zero attached hydrogens (tertiary/aromatic N) is 1. The number of unbranched alkanes of at least 4 members (excludes halogenated alkanes) is 1. The van der Waals surface area contributed by atoms with Crippen LogP contribution in [0.15, 0.2) is 0 Å². The van der Waals surface area contributed by atoms with Crippen molar-refractivity contribution in [1.29, 1.82) is 0 Å². The normalized spacial score (nSPS) is 20.4. The molecule has 0 aliphatic carbocycles. The lowest BCUT2D eigenvalue weighted by atomic mass is 10.1. The molecule has 1 saturated heterocycles. The average Bonchev–Trinajstić information content (AvgIpc) is 2.78. The van der Waals surface area contributed by atoms with Gasteiger partial charge in [-0.1, -0.05) is 41.0 Å². The van der Waals surface area contributed by atoms with Crippen molar-refractivity contribution in [2.45, 2.75) is 72.3 Å². The Hall–Kier alpha value is -0.220. The van der Waals surface area contributed by atoms with E-state index in [2.05, 4.69) is 24.2 Å². The minimum absolute atomic E-state index is 0.00377. The van der Waals surface area contributed by atoms with Crippen LogP contribution in [0.2, 0.25) is 0 Å². The molecule has 0 aromatic carbocycles. The van der Waals surface area contributed by atoms with Crippen molar-refractivity contribution >= 4 is 0 Å². The second kappa shape index (κ2) is 12.8. The number of alkyl halides is 2. The fourth-order valence-corrected chi connectivity index (χ4v) is 1.92. The van der Waals surface area contributed by atoms with Crippen molar-refractivity contribution in [3.63, 3.8) is 0 Å². The molecule has 0 saturated carbocycles. The summed E-state index contributed by atoms with van der Waals surface area (Å²) in [7, 11) is 2.06. The molecule has 0 amide bonds. The van der Waals surface area contributed by atoms with Gasteiger partial charge in [0, 0.05) is 12.5 Å². The molecule has 1 unspecified atom stereocenters. The van der Waals surface area contributed by atoms with Gasteiger partial charge in [0.25, 0.3) is 5.92 Å². The first kappa shape index (κ1) is 21.1. The lowest BCUT2D eigenvalue weighted by molar-refractivity contribution is 0.0206. The fourth-order valence-electron chi connectivity index (χ4n) is 1.92. The van der Waals surface area contributed by atoms with Gasteiger partial charge in [-0.25, -0.2) is 8.78 Å². The Balaban J connectivity index is 0. The Morgan fingerprint density at radius 3 is 2.16 bits per heavy atom. The van der Waals surface area contributed by atoms with E-state index in [0.29, 0.717) is 0 Å². The van der Waals surface area contributed by atoms with E-state index in [1.807, 2.05) is 27.7 Å². The third-order valence-corrected chi connectivity index (χ3v) is 2.95. The molecule has 1 N–H and O–H groups in total. The Labute approximate surface area is 118 Å². The summed E-state index contributed by atoms with van der Waals surface area (Å²) in [6.07, 6.45) is 3.21. The second-order valence-electron chi connectivity index (χ2n) is 4.58. The van der Waals surface area contributed by atoms with E-state index in [1.54, 1.807) is 0 Å². The molecule has 1 heterocycles. The van der Waals surface area contributed by atoms with E-state index in [1.165, 1.54) is 12.8 Å². The number of rotatable bonds is 6. The average molecular weight is 280 g/mol. The van der Waals surface area contributed by atoms with E-state index < -0.39 is 5.92 Å². The Morgan fingerprint density at radius 1 is 1.16 bits per heavy atom. The van der Waals surface area contributed by atoms with Crippen LogP contribution >= 0.6 is 0 Å². The maximum Gasteiger partial charge on any atom is 0.261 e. The molecule has 1 rings (SSSR count). The molecule has 1 aliphatic heterocycles. The highest BCUT2D eigenvalue weighted by Crippen LogP contribution is 2.26. The number of nitrogens with one attached hydrogen (secondary N) is 1. The summed E-state index contributed by atoms with van der Waals surface area (Å²) in [4.78, 5) is 2.22. The first-order valence-electron chi connectivity index (χ1n) is 7.83. The maximum atomic E-state index is 12.8. The van der Waals surface area contributed by atoms with Crippen LogP contribution in [0.1, 0.15) is 60.3 Å². The van der Waals surface area contributed by atoms with Crippen LogP contribution in [0.4, 0.5) is 8.78 Å². The van der Waals surface area contributed by atoms with Crippen LogP contribution in [0.3, 0.4) is 0 Å². The number of hydrogen-bond acceptors (Lipinski definition) is 2. The SMILES string of the molecule is CC.CC.CCCCN(C)CCC1CC(F)(F)CN1. The van der Waals surface area contributed by atoms with Gasteiger partial charge in [0.05, 0.1) is 6.54 Å². The van der Waals surface area contributed by atoms with Crippen LogP contribution < -0.4 is 5.32 Å². The van der Waals surface area contributed by atoms with Gasteiger partial charge in [-0.15, -0.1) is 0 Å². The van der Waals surface area contributed by atoms with Crippen LogP contribution in [0.5, 0.6) is 0 Å². The van der Waals surface area contributed by atoms with Gasteiger partial charge in [0.1, 0.15) is 0 Å². The van der Waals surface area contributed by atoms with Crippen molar-refractivity contribution < 1.29 is 8.78 Å². The highest BCUT2D eigenvalue weighted by Gasteiger charge is 2.38. The van der Waals surface area contributed by atoms with Crippen LogP contribution in [-0.2, 0) is 0 Å². The van der Waals surface area contributed by atoms with E-state index in [4.69, 9.17) is 0 Å². The molecule has 1 aliphatic rings. The predicted octanol–water partition coefficient (Wildman–Crippen LogP) is 4.16. The van der Waals surface area contributed by atoms with Crippen LogP contribution in [0.25, 0.3) is 0 Å². The Morgan fingerprint density at radius 2 is 1.74 bits per heavy atom. The quantitative estimate of drug-likeness (QED) is 0.786. The molecule has 2 nitrogen and oxygen atoms in total. The molecule has 1 atom stereocenters. The fraction of sp³-hybridized carbons (Fsp3) is 1.00. The zero-order chi connectivity index (χ0) is 15.3. The third kappa shape index (κ3) is 11.3. The van der Waals surface area contributed by atoms with E-state index in [-0.39, 0.29) is 19.0 Å². The Kier molecular flexibility index (Phi) is 14.2. The van der Waals surface area contributed by atoms with Gasteiger partial charge >= 0.3 is 0 Å². The summed E-state index contributed by atoms with van der Waals surface area (Å²) in [5, 5.41) is 2.88. The lowest BCUT2D eigenvalue weighted by Gasteiger charge is -2.18. The highest BCUT2D eigenvalue weighted by atomic mass is 19.3. The first-order chi connectivity index (χ1) is 9.03. The first-order valence-corrected chi connectivity index (χ1v) is 7.83. The zero-order valence-electron chi connectivity index (χ0n) is 13.7. The topological polar surface area (TPSA) is 15.3 Å². The van der Waals surface area contributed by atoms with Crippen molar-refractivity contribution in [2.75, 3.05) is 26.7 Å². The summed E-state index contributed by atoms with van der Waals surface area (Å²) in [6, 6.07) is 0.00377. The van der Waals surface area contributed by atoms with Crippen molar-refractivity contribution in [3.8, 4) is 0 Å². The Bertz CT molecular complexity index is 187. The molecule has 0 radical (unpaired) electrons. The summed E-state index contributed by atoms with van der Waals surface area (Å²) in [6.45, 7) is 12.0. The highest BCUT2D eigenvalue weighted by molar-refractivity contribution is 4.87. The summed E-state index contributed by atoms with van der Waals surface area (Å²) in [5.41, 5.74) is 0.